The van der Waals surface area contributed by atoms with Crippen LogP contribution in [0, 0.1) is 0 Å². The van der Waals surface area contributed by atoms with E-state index >= 15 is 0 Å². The molecule has 0 fully saturated rings. The molecule has 5 heteroatoms. The summed E-state index contributed by atoms with van der Waals surface area (Å²) < 4.78 is 2.07. The highest BCUT2D eigenvalue weighted by molar-refractivity contribution is 5.19. The van der Waals surface area contributed by atoms with Gasteiger partial charge in [-0.3, -0.25) is 0 Å². The van der Waals surface area contributed by atoms with Crippen molar-refractivity contribution >= 4 is 0 Å². The summed E-state index contributed by atoms with van der Waals surface area (Å²) in [6.45, 7) is 3.06. The first-order valence-electron chi connectivity index (χ1n) is 5.36. The third-order valence-corrected chi connectivity index (χ3v) is 2.46. The quantitative estimate of drug-likeness (QED) is 0.833. The summed E-state index contributed by atoms with van der Waals surface area (Å²) in [5.74, 6) is 0.870. The molecule has 1 unspecified atom stereocenters. The molecule has 0 aliphatic rings. The predicted octanol–water partition coefficient (Wildman–Crippen LogP) is 1.13. The van der Waals surface area contributed by atoms with Crippen LogP contribution in [0.15, 0.2) is 30.9 Å². The fourth-order valence-electron chi connectivity index (χ4n) is 1.66. The topological polar surface area (TPSA) is 69.6 Å². The first kappa shape index (κ1) is 10.8. The summed E-state index contributed by atoms with van der Waals surface area (Å²) in [5.41, 5.74) is 7.07. The zero-order valence-electron chi connectivity index (χ0n) is 9.24. The molecule has 2 aromatic rings. The Morgan fingerprint density at radius 3 is 2.94 bits per heavy atom. The second kappa shape index (κ2) is 4.85. The standard InChI is InChI=1S/C11H15N5/c1-2-6-16-7-5-13-11(16)10(12)9-3-4-14-15-8-9/h3-5,7-8,10H,2,6,12H2,1H3. The highest BCUT2D eigenvalue weighted by Gasteiger charge is 2.14. The van der Waals surface area contributed by atoms with Gasteiger partial charge in [0.2, 0.25) is 0 Å². The van der Waals surface area contributed by atoms with E-state index in [1.165, 1.54) is 0 Å². The fourth-order valence-corrected chi connectivity index (χ4v) is 1.66. The summed E-state index contributed by atoms with van der Waals surface area (Å²) in [6.07, 6.45) is 8.11. The Hall–Kier alpha value is -1.75. The summed E-state index contributed by atoms with van der Waals surface area (Å²) in [7, 11) is 0. The molecule has 2 N–H and O–H groups in total. The summed E-state index contributed by atoms with van der Waals surface area (Å²) in [6, 6.07) is 1.62. The molecule has 1 atom stereocenters. The molecule has 0 saturated heterocycles. The van der Waals surface area contributed by atoms with Crippen LogP contribution in [-0.4, -0.2) is 19.7 Å². The minimum atomic E-state index is -0.239. The Balaban J connectivity index is 2.27. The molecular weight excluding hydrogens is 202 g/mol. The van der Waals surface area contributed by atoms with Crippen molar-refractivity contribution in [1.82, 2.24) is 19.7 Å². The minimum absolute atomic E-state index is 0.239. The smallest absolute Gasteiger partial charge is 0.130 e. The highest BCUT2D eigenvalue weighted by Crippen LogP contribution is 2.16. The van der Waals surface area contributed by atoms with Crippen LogP contribution in [-0.2, 0) is 6.54 Å². The van der Waals surface area contributed by atoms with Gasteiger partial charge in [-0.15, -0.1) is 0 Å². The Kier molecular flexibility index (Phi) is 3.26. The van der Waals surface area contributed by atoms with E-state index in [4.69, 9.17) is 5.73 Å². The Morgan fingerprint density at radius 1 is 1.38 bits per heavy atom. The zero-order chi connectivity index (χ0) is 11.4. The third kappa shape index (κ3) is 2.09. The predicted molar refractivity (Wildman–Crippen MR) is 60.6 cm³/mol. The van der Waals surface area contributed by atoms with E-state index in [9.17, 15) is 0 Å². The van der Waals surface area contributed by atoms with Gasteiger partial charge in [0.05, 0.1) is 12.2 Å². The van der Waals surface area contributed by atoms with Gasteiger partial charge in [0, 0.05) is 25.1 Å². The molecule has 0 saturated carbocycles. The Labute approximate surface area is 94.3 Å². The van der Waals surface area contributed by atoms with E-state index in [2.05, 4.69) is 26.7 Å². The van der Waals surface area contributed by atoms with Gasteiger partial charge in [-0.25, -0.2) is 4.98 Å². The van der Waals surface area contributed by atoms with Crippen molar-refractivity contribution in [3.63, 3.8) is 0 Å². The summed E-state index contributed by atoms with van der Waals surface area (Å²) >= 11 is 0. The van der Waals surface area contributed by atoms with Crippen LogP contribution >= 0.6 is 0 Å². The van der Waals surface area contributed by atoms with Crippen LogP contribution in [0.2, 0.25) is 0 Å². The maximum atomic E-state index is 6.14. The molecule has 2 rings (SSSR count). The number of nitrogens with two attached hydrogens (primary N) is 1. The van der Waals surface area contributed by atoms with Gasteiger partial charge in [-0.1, -0.05) is 6.92 Å². The maximum absolute atomic E-state index is 6.14. The molecule has 2 aromatic heterocycles. The lowest BCUT2D eigenvalue weighted by molar-refractivity contribution is 0.611. The van der Waals surface area contributed by atoms with E-state index in [1.54, 1.807) is 18.6 Å². The SMILES string of the molecule is CCCn1ccnc1C(N)c1ccnnc1. The van der Waals surface area contributed by atoms with Crippen LogP contribution < -0.4 is 5.73 Å². The van der Waals surface area contributed by atoms with Crippen molar-refractivity contribution in [3.05, 3.63) is 42.2 Å². The molecule has 0 spiro atoms. The van der Waals surface area contributed by atoms with E-state index in [-0.39, 0.29) is 6.04 Å². The lowest BCUT2D eigenvalue weighted by Crippen LogP contribution is -2.18. The highest BCUT2D eigenvalue weighted by atomic mass is 15.1. The van der Waals surface area contributed by atoms with Crippen LogP contribution in [0.3, 0.4) is 0 Å². The molecule has 84 valence electrons. The molecule has 16 heavy (non-hydrogen) atoms. The first-order chi connectivity index (χ1) is 7.83. The van der Waals surface area contributed by atoms with Crippen LogP contribution in [0.5, 0.6) is 0 Å². The molecule has 0 bridgehead atoms. The number of imidazole rings is 1. The van der Waals surface area contributed by atoms with E-state index < -0.39 is 0 Å². The van der Waals surface area contributed by atoms with Crippen molar-refractivity contribution in [2.45, 2.75) is 25.9 Å². The number of aryl methyl sites for hydroxylation is 1. The number of rotatable bonds is 4. The lowest BCUT2D eigenvalue weighted by atomic mass is 10.1. The second-order valence-corrected chi connectivity index (χ2v) is 3.63. The Bertz CT molecular complexity index is 437. The average Bonchev–Trinajstić information content (AvgIpc) is 2.78. The minimum Gasteiger partial charge on any atom is -0.333 e. The van der Waals surface area contributed by atoms with Gasteiger partial charge in [0.15, 0.2) is 0 Å². The summed E-state index contributed by atoms with van der Waals surface area (Å²) in [5, 5.41) is 7.56. The van der Waals surface area contributed by atoms with Crippen LogP contribution in [0.25, 0.3) is 0 Å². The van der Waals surface area contributed by atoms with Crippen molar-refractivity contribution < 1.29 is 0 Å². The fraction of sp³-hybridized carbons (Fsp3) is 0.364. The normalized spacial score (nSPS) is 12.6. The van der Waals surface area contributed by atoms with E-state index in [0.29, 0.717) is 0 Å². The first-order valence-corrected chi connectivity index (χ1v) is 5.36. The second-order valence-electron chi connectivity index (χ2n) is 3.63. The van der Waals surface area contributed by atoms with Gasteiger partial charge < -0.3 is 10.3 Å². The third-order valence-electron chi connectivity index (χ3n) is 2.46. The largest absolute Gasteiger partial charge is 0.333 e. The number of nitrogens with zero attached hydrogens (tertiary/aromatic N) is 4. The summed E-state index contributed by atoms with van der Waals surface area (Å²) in [4.78, 5) is 4.30. The Morgan fingerprint density at radius 2 is 2.25 bits per heavy atom. The molecular formula is C11H15N5. The van der Waals surface area contributed by atoms with Gasteiger partial charge in [-0.2, -0.15) is 10.2 Å². The van der Waals surface area contributed by atoms with Gasteiger partial charge >= 0.3 is 0 Å². The van der Waals surface area contributed by atoms with Gasteiger partial charge in [-0.05, 0) is 18.1 Å². The molecule has 0 radical (unpaired) electrons. The lowest BCUT2D eigenvalue weighted by Gasteiger charge is -2.13. The zero-order valence-corrected chi connectivity index (χ0v) is 9.24. The van der Waals surface area contributed by atoms with Crippen molar-refractivity contribution in [3.8, 4) is 0 Å². The van der Waals surface area contributed by atoms with Crippen LogP contribution in [0.1, 0.15) is 30.8 Å². The molecule has 5 nitrogen and oxygen atoms in total. The van der Waals surface area contributed by atoms with E-state index in [0.717, 1.165) is 24.4 Å². The van der Waals surface area contributed by atoms with Crippen molar-refractivity contribution in [2.24, 2.45) is 5.73 Å². The number of aromatic nitrogens is 4. The average molecular weight is 217 g/mol. The maximum Gasteiger partial charge on any atom is 0.130 e. The van der Waals surface area contributed by atoms with Gasteiger partial charge in [0.1, 0.15) is 5.82 Å². The molecule has 0 amide bonds. The molecule has 2 heterocycles. The monoisotopic (exact) mass is 217 g/mol. The van der Waals surface area contributed by atoms with Crippen molar-refractivity contribution in [1.29, 1.82) is 0 Å². The molecule has 0 aliphatic carbocycles. The number of hydrogen-bond donors (Lipinski definition) is 1. The van der Waals surface area contributed by atoms with Crippen molar-refractivity contribution in [2.75, 3.05) is 0 Å². The van der Waals surface area contributed by atoms with Crippen LogP contribution in [0.4, 0.5) is 0 Å². The molecule has 0 aliphatic heterocycles. The van der Waals surface area contributed by atoms with E-state index in [1.807, 2.05) is 12.3 Å². The van der Waals surface area contributed by atoms with Gasteiger partial charge in [0.25, 0.3) is 0 Å². The number of hydrogen-bond acceptors (Lipinski definition) is 4. The molecule has 0 aromatic carbocycles.